The van der Waals surface area contributed by atoms with Gasteiger partial charge < -0.3 is 9.80 Å². The zero-order valence-corrected chi connectivity index (χ0v) is 17.5. The van der Waals surface area contributed by atoms with Crippen LogP contribution in [0.4, 0.5) is 0 Å². The summed E-state index contributed by atoms with van der Waals surface area (Å²) in [6.45, 7) is 3.04. The molecule has 146 valence electrons. The smallest absolute Gasteiger partial charge is 0.265 e. The number of nitrogens with zero attached hydrogens (tertiary/aromatic N) is 3. The summed E-state index contributed by atoms with van der Waals surface area (Å²) in [5.74, 6) is 0.0399. The highest BCUT2D eigenvalue weighted by molar-refractivity contribution is 7.21. The fourth-order valence-corrected chi connectivity index (χ4v) is 5.32. The Balaban J connectivity index is 1.35. The van der Waals surface area contributed by atoms with Gasteiger partial charge in [0.15, 0.2) is 0 Å². The minimum absolute atomic E-state index is 0.0399. The van der Waals surface area contributed by atoms with E-state index in [1.165, 1.54) is 11.3 Å². The third-order valence-corrected chi connectivity index (χ3v) is 7.23. The zero-order valence-electron chi connectivity index (χ0n) is 16.0. The van der Waals surface area contributed by atoms with Gasteiger partial charge in [-0.1, -0.05) is 35.9 Å². The first-order valence-electron chi connectivity index (χ1n) is 9.70. The molecule has 1 fully saturated rings. The van der Waals surface area contributed by atoms with Crippen LogP contribution in [-0.2, 0) is 6.42 Å². The number of rotatable bonds is 5. The number of benzene rings is 1. The lowest BCUT2D eigenvalue weighted by Crippen LogP contribution is -2.45. The van der Waals surface area contributed by atoms with Crippen LogP contribution < -0.4 is 0 Å². The van der Waals surface area contributed by atoms with Crippen LogP contribution in [0.3, 0.4) is 0 Å². The summed E-state index contributed by atoms with van der Waals surface area (Å²) in [6, 6.07) is 14.3. The number of halogens is 1. The van der Waals surface area contributed by atoms with Gasteiger partial charge in [0.05, 0.1) is 5.02 Å². The van der Waals surface area contributed by atoms with E-state index in [-0.39, 0.29) is 11.9 Å². The molecule has 1 saturated heterocycles. The van der Waals surface area contributed by atoms with Crippen molar-refractivity contribution in [3.8, 4) is 0 Å². The number of carbonyl (C=O) groups is 1. The molecule has 1 amide bonds. The number of pyridine rings is 1. The number of thiophene rings is 1. The normalized spacial score (nSPS) is 15.8. The van der Waals surface area contributed by atoms with E-state index in [1.807, 2.05) is 54.5 Å². The van der Waals surface area contributed by atoms with E-state index in [0.717, 1.165) is 54.7 Å². The maximum Gasteiger partial charge on any atom is 0.265 e. The number of hydrogen-bond acceptors (Lipinski definition) is 4. The largest absolute Gasteiger partial charge is 0.338 e. The fourth-order valence-electron chi connectivity index (χ4n) is 3.83. The molecule has 1 aliphatic heterocycles. The number of likely N-dealkylation sites (tertiary alicyclic amines) is 1. The molecular formula is C22H24ClN3OS. The highest BCUT2D eigenvalue weighted by Gasteiger charge is 2.28. The summed E-state index contributed by atoms with van der Waals surface area (Å²) in [6.07, 6.45) is 4.80. The molecule has 4 rings (SSSR count). The predicted octanol–water partition coefficient (Wildman–Crippen LogP) is 4.73. The monoisotopic (exact) mass is 413 g/mol. The Morgan fingerprint density at radius 2 is 1.96 bits per heavy atom. The Bertz CT molecular complexity index is 951. The molecule has 0 bridgehead atoms. The van der Waals surface area contributed by atoms with Crippen LogP contribution in [0.15, 0.2) is 48.7 Å². The molecule has 6 heteroatoms. The molecule has 1 aromatic carbocycles. The maximum atomic E-state index is 13.1. The van der Waals surface area contributed by atoms with E-state index in [0.29, 0.717) is 9.90 Å². The second-order valence-corrected chi connectivity index (χ2v) is 8.73. The highest BCUT2D eigenvalue weighted by Crippen LogP contribution is 2.36. The van der Waals surface area contributed by atoms with Crippen molar-refractivity contribution in [1.29, 1.82) is 0 Å². The fraction of sp³-hybridized carbons (Fsp3) is 0.364. The third kappa shape index (κ3) is 4.07. The first-order valence-corrected chi connectivity index (χ1v) is 10.9. The van der Waals surface area contributed by atoms with Crippen molar-refractivity contribution in [2.75, 3.05) is 26.7 Å². The van der Waals surface area contributed by atoms with E-state index in [4.69, 9.17) is 11.6 Å². The van der Waals surface area contributed by atoms with Gasteiger partial charge in [-0.25, -0.2) is 0 Å². The molecule has 0 N–H and O–H groups in total. The van der Waals surface area contributed by atoms with E-state index in [9.17, 15) is 4.79 Å². The average molecular weight is 414 g/mol. The summed E-state index contributed by atoms with van der Waals surface area (Å²) in [5.41, 5.74) is 1.14. The summed E-state index contributed by atoms with van der Waals surface area (Å²) >= 11 is 8.00. The Morgan fingerprint density at radius 3 is 2.68 bits per heavy atom. The topological polar surface area (TPSA) is 36.4 Å². The first kappa shape index (κ1) is 19.4. The number of hydrogen-bond donors (Lipinski definition) is 0. The van der Waals surface area contributed by atoms with Gasteiger partial charge in [0.1, 0.15) is 4.88 Å². The van der Waals surface area contributed by atoms with Gasteiger partial charge in [-0.2, -0.15) is 0 Å². The summed E-state index contributed by atoms with van der Waals surface area (Å²) < 4.78 is 1.06. The van der Waals surface area contributed by atoms with Crippen LogP contribution in [0, 0.1) is 0 Å². The third-order valence-electron chi connectivity index (χ3n) is 5.56. The number of amides is 1. The van der Waals surface area contributed by atoms with Crippen LogP contribution in [-0.4, -0.2) is 53.4 Å². The molecule has 2 aromatic heterocycles. The summed E-state index contributed by atoms with van der Waals surface area (Å²) in [4.78, 5) is 22.5. The number of aromatic nitrogens is 1. The Labute approximate surface area is 174 Å². The van der Waals surface area contributed by atoms with E-state index < -0.39 is 0 Å². The lowest BCUT2D eigenvalue weighted by Gasteiger charge is -2.36. The minimum atomic E-state index is 0.0399. The standard InChI is InChI=1S/C22H24ClN3OS/c1-25(22(27)21-20(23)18-7-2-3-8-19(18)28-21)17-10-14-26(15-11-17)13-9-16-6-4-5-12-24-16/h2-8,12,17H,9-11,13-15H2,1H3. The van der Waals surface area contributed by atoms with Crippen molar-refractivity contribution >= 4 is 38.9 Å². The van der Waals surface area contributed by atoms with Crippen LogP contribution in [0.5, 0.6) is 0 Å². The maximum absolute atomic E-state index is 13.1. The van der Waals surface area contributed by atoms with E-state index in [2.05, 4.69) is 16.0 Å². The SMILES string of the molecule is CN(C(=O)c1sc2ccccc2c1Cl)C1CCN(CCc2ccccn2)CC1. The number of carbonyl (C=O) groups excluding carboxylic acids is 1. The molecule has 3 heterocycles. The Morgan fingerprint density at radius 1 is 1.21 bits per heavy atom. The van der Waals surface area contributed by atoms with Gasteiger partial charge in [0.2, 0.25) is 0 Å². The van der Waals surface area contributed by atoms with Gasteiger partial charge in [0.25, 0.3) is 5.91 Å². The average Bonchev–Trinajstić information content (AvgIpc) is 3.09. The molecule has 0 atom stereocenters. The Kier molecular flexibility index (Phi) is 5.95. The lowest BCUT2D eigenvalue weighted by atomic mass is 10.0. The zero-order chi connectivity index (χ0) is 19.5. The quantitative estimate of drug-likeness (QED) is 0.606. The molecule has 1 aliphatic rings. The van der Waals surface area contributed by atoms with Gasteiger partial charge in [-0.15, -0.1) is 11.3 Å². The Hall–Kier alpha value is -1.95. The molecule has 3 aromatic rings. The van der Waals surface area contributed by atoms with Gasteiger partial charge in [0, 0.05) is 61.1 Å². The molecular weight excluding hydrogens is 390 g/mol. The second-order valence-electron chi connectivity index (χ2n) is 7.30. The van der Waals surface area contributed by atoms with Crippen molar-refractivity contribution in [3.63, 3.8) is 0 Å². The van der Waals surface area contributed by atoms with Crippen molar-refractivity contribution in [3.05, 3.63) is 64.3 Å². The van der Waals surface area contributed by atoms with Gasteiger partial charge in [-0.05, 0) is 31.0 Å². The van der Waals surface area contributed by atoms with Crippen molar-refractivity contribution in [1.82, 2.24) is 14.8 Å². The van der Waals surface area contributed by atoms with Crippen LogP contribution in [0.2, 0.25) is 5.02 Å². The minimum Gasteiger partial charge on any atom is -0.338 e. The molecule has 0 radical (unpaired) electrons. The van der Waals surface area contributed by atoms with Crippen LogP contribution in [0.1, 0.15) is 28.2 Å². The predicted molar refractivity (Wildman–Crippen MR) is 116 cm³/mol. The number of piperidine rings is 1. The molecule has 4 nitrogen and oxygen atoms in total. The van der Waals surface area contributed by atoms with Crippen molar-refractivity contribution < 1.29 is 4.79 Å². The molecule has 0 spiro atoms. The summed E-state index contributed by atoms with van der Waals surface area (Å²) in [5, 5.41) is 1.56. The number of fused-ring (bicyclic) bond motifs is 1. The first-order chi connectivity index (χ1) is 13.6. The molecule has 0 aliphatic carbocycles. The van der Waals surface area contributed by atoms with Crippen LogP contribution in [0.25, 0.3) is 10.1 Å². The van der Waals surface area contributed by atoms with Crippen LogP contribution >= 0.6 is 22.9 Å². The van der Waals surface area contributed by atoms with Gasteiger partial charge >= 0.3 is 0 Å². The molecule has 0 saturated carbocycles. The molecule has 0 unspecified atom stereocenters. The van der Waals surface area contributed by atoms with Gasteiger partial charge in [-0.3, -0.25) is 9.78 Å². The van der Waals surface area contributed by atoms with Crippen molar-refractivity contribution in [2.24, 2.45) is 0 Å². The van der Waals surface area contributed by atoms with Crippen molar-refractivity contribution in [2.45, 2.75) is 25.3 Å². The highest BCUT2D eigenvalue weighted by atomic mass is 35.5. The molecule has 28 heavy (non-hydrogen) atoms. The lowest BCUT2D eigenvalue weighted by molar-refractivity contribution is 0.0648. The van der Waals surface area contributed by atoms with E-state index in [1.54, 1.807) is 0 Å². The summed E-state index contributed by atoms with van der Waals surface area (Å²) in [7, 11) is 1.91. The van der Waals surface area contributed by atoms with E-state index >= 15 is 0 Å². The second kappa shape index (κ2) is 8.60.